The molecule has 0 aliphatic rings. The Hall–Kier alpha value is -0.200. The van der Waals surface area contributed by atoms with Gasteiger partial charge in [0.05, 0.1) is 5.60 Å². The summed E-state index contributed by atoms with van der Waals surface area (Å²) in [5.41, 5.74) is -2.10. The monoisotopic (exact) mass is 430 g/mol. The van der Waals surface area contributed by atoms with Gasteiger partial charge in [0.15, 0.2) is 0 Å². The van der Waals surface area contributed by atoms with Crippen LogP contribution in [-0.2, 0) is 0 Å². The quantitative estimate of drug-likeness (QED) is 0.513. The minimum absolute atomic E-state index is 0.812. The molecule has 0 aliphatic carbocycles. The number of aliphatic hydroxyl groups is 1. The van der Waals surface area contributed by atoms with Crippen molar-refractivity contribution in [2.24, 2.45) is 0 Å². The molecule has 0 unspecified atom stereocenters. The summed E-state index contributed by atoms with van der Waals surface area (Å²) >= 11 is 0.934. The fraction of sp³-hybridized carbons (Fsp3) is 0.778. The van der Waals surface area contributed by atoms with Gasteiger partial charge in [0.2, 0.25) is 0 Å². The molecule has 0 aromatic heterocycles. The fourth-order valence-electron chi connectivity index (χ4n) is 0.814. The molecular weight excluding hydrogens is 422 g/mol. The van der Waals surface area contributed by atoms with Crippen molar-refractivity contribution in [1.29, 1.82) is 0 Å². The van der Waals surface area contributed by atoms with Crippen LogP contribution in [0, 0.1) is 0 Å². The molecule has 0 saturated carbocycles. The van der Waals surface area contributed by atoms with Gasteiger partial charge in [-0.2, -0.15) is 39.5 Å². The van der Waals surface area contributed by atoms with Crippen molar-refractivity contribution in [3.8, 4) is 0 Å². The molecule has 0 aromatic carbocycles. The van der Waals surface area contributed by atoms with Crippen LogP contribution in [0.5, 0.6) is 0 Å². The molecule has 11 heteroatoms. The molecule has 0 rings (SSSR count). The maximum absolute atomic E-state index is 13.1. The van der Waals surface area contributed by atoms with Crippen molar-refractivity contribution >= 4 is 22.6 Å². The normalized spacial score (nSPS) is 16.6. The first-order chi connectivity index (χ1) is 8.38. The van der Waals surface area contributed by atoms with Gasteiger partial charge in [-0.05, 0) is 36.4 Å². The minimum Gasteiger partial charge on any atom is -0.385 e. The van der Waals surface area contributed by atoms with E-state index in [-0.39, 0.29) is 0 Å². The maximum atomic E-state index is 13.1. The topological polar surface area (TPSA) is 20.2 Å². The van der Waals surface area contributed by atoms with Gasteiger partial charge in [-0.1, -0.05) is 0 Å². The molecule has 0 aliphatic heterocycles. The zero-order valence-electron chi connectivity index (χ0n) is 9.80. The molecule has 0 heterocycles. The molecule has 0 bridgehead atoms. The maximum Gasteiger partial charge on any atom is 0.460 e. The zero-order chi connectivity index (χ0) is 16.8. The Morgan fingerprint density at radius 1 is 0.850 bits per heavy atom. The third-order valence-corrected chi connectivity index (χ3v) is 3.69. The number of alkyl halides is 9. The van der Waals surface area contributed by atoms with E-state index in [0.29, 0.717) is 0 Å². The van der Waals surface area contributed by atoms with Gasteiger partial charge >= 0.3 is 23.9 Å². The van der Waals surface area contributed by atoms with Crippen LogP contribution in [0.4, 0.5) is 39.5 Å². The number of hydrogen-bond donors (Lipinski definition) is 1. The van der Waals surface area contributed by atoms with E-state index >= 15 is 0 Å². The van der Waals surface area contributed by atoms with Crippen molar-refractivity contribution < 1.29 is 44.6 Å². The molecule has 0 atom stereocenters. The number of hydrogen-bond acceptors (Lipinski definition) is 1. The van der Waals surface area contributed by atoms with Crippen LogP contribution in [0.1, 0.15) is 13.8 Å². The van der Waals surface area contributed by atoms with Crippen molar-refractivity contribution in [3.05, 3.63) is 9.66 Å². The smallest absolute Gasteiger partial charge is 0.385 e. The van der Waals surface area contributed by atoms with E-state index in [9.17, 15) is 44.6 Å². The predicted molar refractivity (Wildman–Crippen MR) is 59.3 cm³/mol. The summed E-state index contributed by atoms with van der Waals surface area (Å²) in [5.74, 6) is -19.5. The van der Waals surface area contributed by atoms with Crippen LogP contribution >= 0.6 is 22.6 Å². The lowest BCUT2D eigenvalue weighted by atomic mass is 10.0. The molecule has 0 amide bonds. The lowest BCUT2D eigenvalue weighted by Crippen LogP contribution is -2.60. The van der Waals surface area contributed by atoms with E-state index in [1.165, 1.54) is 0 Å². The van der Waals surface area contributed by atoms with Gasteiger partial charge in [-0.15, -0.1) is 0 Å². The first kappa shape index (κ1) is 19.8. The van der Waals surface area contributed by atoms with E-state index in [1.807, 2.05) is 0 Å². The fourth-order valence-corrected chi connectivity index (χ4v) is 1.20. The molecule has 0 aromatic rings. The standard InChI is InChI=1S/C9H8F9IO/c1-5(2,20)4(19)3-6(10,11)7(12,13)8(14,15)9(16,17)18/h3,20H,1-2H3/b4-3-. The second-order valence-electron chi connectivity index (χ2n) is 4.32. The lowest BCUT2D eigenvalue weighted by molar-refractivity contribution is -0.388. The first-order valence-electron chi connectivity index (χ1n) is 4.69. The van der Waals surface area contributed by atoms with Gasteiger partial charge in [0, 0.05) is 9.66 Å². The molecule has 0 saturated heterocycles. The molecule has 1 nitrogen and oxygen atoms in total. The average Bonchev–Trinajstić information content (AvgIpc) is 2.12. The lowest BCUT2D eigenvalue weighted by Gasteiger charge is -2.33. The van der Waals surface area contributed by atoms with Crippen molar-refractivity contribution in [3.63, 3.8) is 0 Å². The van der Waals surface area contributed by atoms with E-state index in [2.05, 4.69) is 0 Å². The Morgan fingerprint density at radius 3 is 1.45 bits per heavy atom. The molecule has 0 spiro atoms. The Morgan fingerprint density at radius 2 is 1.20 bits per heavy atom. The molecule has 120 valence electrons. The molecular formula is C9H8F9IO. The van der Waals surface area contributed by atoms with Crippen LogP contribution in [0.2, 0.25) is 0 Å². The van der Waals surface area contributed by atoms with E-state index in [4.69, 9.17) is 0 Å². The summed E-state index contributed by atoms with van der Waals surface area (Å²) in [7, 11) is 0. The Balaban J connectivity index is 5.84. The highest BCUT2D eigenvalue weighted by Gasteiger charge is 2.81. The Labute approximate surface area is 121 Å². The van der Waals surface area contributed by atoms with E-state index < -0.39 is 39.2 Å². The van der Waals surface area contributed by atoms with Crippen LogP contribution < -0.4 is 0 Å². The van der Waals surface area contributed by atoms with Gasteiger partial charge in [-0.3, -0.25) is 0 Å². The van der Waals surface area contributed by atoms with E-state index in [0.717, 1.165) is 36.4 Å². The van der Waals surface area contributed by atoms with Gasteiger partial charge in [0.1, 0.15) is 0 Å². The Kier molecular flexibility index (Phi) is 5.16. The van der Waals surface area contributed by atoms with Crippen molar-refractivity contribution in [1.82, 2.24) is 0 Å². The van der Waals surface area contributed by atoms with Crippen molar-refractivity contribution in [2.45, 2.75) is 43.4 Å². The zero-order valence-corrected chi connectivity index (χ0v) is 12.0. The van der Waals surface area contributed by atoms with Crippen LogP contribution in [0.15, 0.2) is 9.66 Å². The first-order valence-corrected chi connectivity index (χ1v) is 5.77. The third-order valence-electron chi connectivity index (χ3n) is 2.06. The second-order valence-corrected chi connectivity index (χ2v) is 5.48. The molecule has 1 N–H and O–H groups in total. The number of halogens is 10. The number of allylic oxidation sites excluding steroid dienone is 1. The average molecular weight is 430 g/mol. The predicted octanol–water partition coefficient (Wildman–Crippen LogP) is 4.54. The van der Waals surface area contributed by atoms with E-state index in [1.54, 1.807) is 0 Å². The summed E-state index contributed by atoms with van der Waals surface area (Å²) in [6.07, 6.45) is -7.67. The molecule has 0 radical (unpaired) electrons. The minimum atomic E-state index is -6.93. The van der Waals surface area contributed by atoms with Crippen molar-refractivity contribution in [2.75, 3.05) is 0 Å². The van der Waals surface area contributed by atoms with Gasteiger partial charge < -0.3 is 5.11 Å². The molecule has 20 heavy (non-hydrogen) atoms. The third kappa shape index (κ3) is 3.52. The van der Waals surface area contributed by atoms with Crippen LogP contribution in [0.25, 0.3) is 0 Å². The highest BCUT2D eigenvalue weighted by atomic mass is 127. The SMILES string of the molecule is CC(C)(O)/C(I)=C/C(F)(F)C(F)(F)C(F)(F)C(F)(F)F. The molecule has 0 fully saturated rings. The summed E-state index contributed by atoms with van der Waals surface area (Å²) in [4.78, 5) is 0. The summed E-state index contributed by atoms with van der Waals surface area (Å²) in [6.45, 7) is 1.72. The largest absolute Gasteiger partial charge is 0.460 e. The summed E-state index contributed by atoms with van der Waals surface area (Å²) < 4.78 is 111. The van der Waals surface area contributed by atoms with Gasteiger partial charge in [-0.25, -0.2) is 0 Å². The summed E-state index contributed by atoms with van der Waals surface area (Å²) in [5, 5.41) is 9.21. The number of rotatable bonds is 4. The van der Waals surface area contributed by atoms with Crippen LogP contribution in [0.3, 0.4) is 0 Å². The van der Waals surface area contributed by atoms with Crippen LogP contribution in [-0.4, -0.2) is 34.7 Å². The highest BCUT2D eigenvalue weighted by molar-refractivity contribution is 14.1. The summed E-state index contributed by atoms with van der Waals surface area (Å²) in [6, 6.07) is 0. The second kappa shape index (κ2) is 5.21. The highest BCUT2D eigenvalue weighted by Crippen LogP contribution is 2.54. The van der Waals surface area contributed by atoms with Gasteiger partial charge in [0.25, 0.3) is 0 Å². The Bertz CT molecular complexity index is 391.